The number of methoxy groups -OCH3 is 2. The molecule has 0 saturated heterocycles. The molecule has 6 heteroatoms. The number of thiophene rings is 2. The molecule has 21 heavy (non-hydrogen) atoms. The maximum absolute atomic E-state index is 6.34. The van der Waals surface area contributed by atoms with E-state index in [-0.39, 0.29) is 4.83 Å². The molecule has 0 aliphatic rings. The molecule has 110 valence electrons. The molecule has 3 aromatic rings. The molecule has 0 fully saturated rings. The average Bonchev–Trinajstić information content (AvgIpc) is 3.07. The van der Waals surface area contributed by atoms with Gasteiger partial charge in [-0.3, -0.25) is 0 Å². The van der Waals surface area contributed by atoms with E-state index >= 15 is 0 Å². The van der Waals surface area contributed by atoms with E-state index in [1.165, 1.54) is 14.3 Å². The topological polar surface area (TPSA) is 18.5 Å². The highest BCUT2D eigenvalue weighted by molar-refractivity contribution is 9.09. The summed E-state index contributed by atoms with van der Waals surface area (Å²) in [4.78, 5) is 1.27. The second kappa shape index (κ2) is 6.16. The van der Waals surface area contributed by atoms with Crippen molar-refractivity contribution >= 4 is 59.6 Å². The summed E-state index contributed by atoms with van der Waals surface area (Å²) in [5, 5.41) is 2.61. The van der Waals surface area contributed by atoms with Crippen molar-refractivity contribution in [1.82, 2.24) is 0 Å². The van der Waals surface area contributed by atoms with E-state index in [0.717, 1.165) is 5.56 Å². The van der Waals surface area contributed by atoms with Gasteiger partial charge < -0.3 is 9.47 Å². The first-order valence-corrected chi connectivity index (χ1v) is 9.16. The molecule has 2 aromatic heterocycles. The molecule has 3 rings (SSSR count). The van der Waals surface area contributed by atoms with Crippen molar-refractivity contribution in [3.63, 3.8) is 0 Å². The Morgan fingerprint density at radius 3 is 2.62 bits per heavy atom. The van der Waals surface area contributed by atoms with E-state index in [1.807, 2.05) is 12.1 Å². The van der Waals surface area contributed by atoms with Crippen LogP contribution in [-0.2, 0) is 0 Å². The van der Waals surface area contributed by atoms with Gasteiger partial charge in [-0.1, -0.05) is 33.6 Å². The predicted octanol–water partition coefficient (Wildman–Crippen LogP) is 6.12. The molecule has 0 aliphatic heterocycles. The number of ether oxygens (including phenoxy) is 2. The summed E-state index contributed by atoms with van der Waals surface area (Å²) in [5.74, 6) is 1.26. The summed E-state index contributed by atoms with van der Waals surface area (Å²) in [6, 6.07) is 8.20. The summed E-state index contributed by atoms with van der Waals surface area (Å²) in [6.07, 6.45) is 0. The van der Waals surface area contributed by atoms with Gasteiger partial charge in [0.2, 0.25) is 0 Å². The van der Waals surface area contributed by atoms with Gasteiger partial charge in [-0.2, -0.15) is 0 Å². The van der Waals surface area contributed by atoms with Gasteiger partial charge in [0.05, 0.1) is 19.0 Å². The summed E-state index contributed by atoms with van der Waals surface area (Å²) in [6.45, 7) is 0. The van der Waals surface area contributed by atoms with Gasteiger partial charge in [0.1, 0.15) is 16.5 Å². The van der Waals surface area contributed by atoms with Gasteiger partial charge in [-0.15, -0.1) is 22.7 Å². The summed E-state index contributed by atoms with van der Waals surface area (Å²) >= 11 is 13.6. The van der Waals surface area contributed by atoms with Crippen LogP contribution in [-0.4, -0.2) is 14.2 Å². The molecule has 1 unspecified atom stereocenters. The molecule has 2 nitrogen and oxygen atoms in total. The maximum atomic E-state index is 6.34. The molecule has 0 aliphatic carbocycles. The summed E-state index contributed by atoms with van der Waals surface area (Å²) in [7, 11) is 3.22. The second-order valence-corrected chi connectivity index (χ2v) is 7.72. The third-order valence-corrected chi connectivity index (χ3v) is 7.00. The fraction of sp³-hybridized carbons (Fsp3) is 0.200. The number of hydrogen-bond acceptors (Lipinski definition) is 4. The minimum absolute atomic E-state index is 0.0421. The van der Waals surface area contributed by atoms with Crippen molar-refractivity contribution in [1.29, 1.82) is 0 Å². The van der Waals surface area contributed by atoms with Gasteiger partial charge in [-0.25, -0.2) is 0 Å². The lowest BCUT2D eigenvalue weighted by molar-refractivity contribution is 0.392. The Bertz CT molecular complexity index is 753. The molecule has 1 atom stereocenters. The Kier molecular flexibility index (Phi) is 4.45. The maximum Gasteiger partial charge on any atom is 0.145 e. The van der Waals surface area contributed by atoms with E-state index in [2.05, 4.69) is 33.4 Å². The van der Waals surface area contributed by atoms with Crippen LogP contribution in [0.25, 0.3) is 9.40 Å². The third-order valence-electron chi connectivity index (χ3n) is 3.20. The minimum atomic E-state index is 0.0421. The van der Waals surface area contributed by atoms with E-state index in [9.17, 15) is 0 Å². The summed E-state index contributed by atoms with van der Waals surface area (Å²) < 4.78 is 13.3. The lowest BCUT2D eigenvalue weighted by Gasteiger charge is -2.16. The first-order valence-electron chi connectivity index (χ1n) is 6.17. The number of halogens is 2. The van der Waals surface area contributed by atoms with Crippen LogP contribution in [0.3, 0.4) is 0 Å². The van der Waals surface area contributed by atoms with Crippen LogP contribution < -0.4 is 9.47 Å². The second-order valence-electron chi connectivity index (χ2n) is 4.36. The monoisotopic (exact) mass is 402 g/mol. The van der Waals surface area contributed by atoms with Crippen LogP contribution in [0, 0.1) is 0 Å². The van der Waals surface area contributed by atoms with Crippen molar-refractivity contribution < 1.29 is 9.47 Å². The number of fused-ring (bicyclic) bond motifs is 1. The molecular formula is C15H12BrClO2S2. The van der Waals surface area contributed by atoms with E-state index in [1.54, 1.807) is 36.9 Å². The van der Waals surface area contributed by atoms with Crippen molar-refractivity contribution in [2.75, 3.05) is 14.2 Å². The number of alkyl halides is 1. The lowest BCUT2D eigenvalue weighted by Crippen LogP contribution is -1.98. The highest BCUT2D eigenvalue weighted by atomic mass is 79.9. The van der Waals surface area contributed by atoms with Crippen LogP contribution in [0.2, 0.25) is 5.02 Å². The number of benzene rings is 1. The van der Waals surface area contributed by atoms with Gasteiger partial charge in [0, 0.05) is 19.8 Å². The normalized spacial score (nSPS) is 12.6. The van der Waals surface area contributed by atoms with Crippen molar-refractivity contribution in [2.24, 2.45) is 0 Å². The van der Waals surface area contributed by atoms with Crippen LogP contribution in [0.15, 0.2) is 29.6 Å². The molecular weight excluding hydrogens is 392 g/mol. The summed E-state index contributed by atoms with van der Waals surface area (Å²) in [5.41, 5.74) is 0.997. The van der Waals surface area contributed by atoms with Gasteiger partial charge in [0.25, 0.3) is 0 Å². The van der Waals surface area contributed by atoms with Gasteiger partial charge in [0.15, 0.2) is 0 Å². The zero-order valence-electron chi connectivity index (χ0n) is 11.4. The van der Waals surface area contributed by atoms with Crippen LogP contribution >= 0.6 is 50.2 Å². The first kappa shape index (κ1) is 15.2. The lowest BCUT2D eigenvalue weighted by atomic mass is 10.1. The van der Waals surface area contributed by atoms with Crippen LogP contribution in [0.5, 0.6) is 11.5 Å². The average molecular weight is 404 g/mol. The zero-order valence-corrected chi connectivity index (χ0v) is 15.3. The fourth-order valence-electron chi connectivity index (χ4n) is 2.18. The minimum Gasteiger partial charge on any atom is -0.495 e. The Labute approximate surface area is 144 Å². The molecule has 0 bridgehead atoms. The third kappa shape index (κ3) is 2.68. The molecule has 0 N–H and O–H groups in total. The number of hydrogen-bond donors (Lipinski definition) is 0. The largest absolute Gasteiger partial charge is 0.495 e. The predicted molar refractivity (Wildman–Crippen MR) is 95.0 cm³/mol. The quantitative estimate of drug-likeness (QED) is 0.489. The molecule has 2 heterocycles. The molecule has 1 aromatic carbocycles. The molecule has 0 amide bonds. The van der Waals surface area contributed by atoms with Crippen LogP contribution in [0.1, 0.15) is 15.3 Å². The van der Waals surface area contributed by atoms with Crippen molar-refractivity contribution in [2.45, 2.75) is 4.83 Å². The van der Waals surface area contributed by atoms with E-state index in [0.29, 0.717) is 16.5 Å². The molecule has 0 spiro atoms. The van der Waals surface area contributed by atoms with Crippen molar-refractivity contribution in [3.8, 4) is 11.5 Å². The smallest absolute Gasteiger partial charge is 0.145 e. The Morgan fingerprint density at radius 1 is 1.14 bits per heavy atom. The van der Waals surface area contributed by atoms with Gasteiger partial charge in [-0.05, 0) is 23.6 Å². The molecule has 0 radical (unpaired) electrons. The standard InChI is InChI=1S/C15H12BrClO2S2/c1-18-9-4-3-8(15(19-2)14(9)17)13(16)12-7-11-10(21-12)5-6-20-11/h3-7,13H,1-2H3. The highest BCUT2D eigenvalue weighted by Gasteiger charge is 2.21. The molecule has 0 saturated carbocycles. The number of rotatable bonds is 4. The van der Waals surface area contributed by atoms with Crippen LogP contribution in [0.4, 0.5) is 0 Å². The Morgan fingerprint density at radius 2 is 1.95 bits per heavy atom. The first-order chi connectivity index (χ1) is 10.2. The Hall–Kier alpha value is -0.750. The van der Waals surface area contributed by atoms with E-state index < -0.39 is 0 Å². The highest BCUT2D eigenvalue weighted by Crippen LogP contribution is 2.46. The zero-order chi connectivity index (χ0) is 15.0. The van der Waals surface area contributed by atoms with Crippen molar-refractivity contribution in [3.05, 3.63) is 45.1 Å². The van der Waals surface area contributed by atoms with E-state index in [4.69, 9.17) is 21.1 Å². The SMILES string of the molecule is COc1ccc(C(Br)c2cc3sccc3s2)c(OC)c1Cl. The fourth-order valence-corrected chi connectivity index (χ4v) is 5.40. The van der Waals surface area contributed by atoms with Gasteiger partial charge >= 0.3 is 0 Å². The Balaban J connectivity index is 2.06.